The summed E-state index contributed by atoms with van der Waals surface area (Å²) in [7, 11) is 0. The first kappa shape index (κ1) is 12.6. The molecule has 3 nitrogen and oxygen atoms in total. The maximum absolute atomic E-state index is 13.7. The molecule has 0 saturated heterocycles. The average Bonchev–Trinajstić information content (AvgIpc) is 2.79. The Hall–Kier alpha value is -0.850. The van der Waals surface area contributed by atoms with Gasteiger partial charge < -0.3 is 5.73 Å². The highest BCUT2D eigenvalue weighted by Gasteiger charge is 2.19. The van der Waals surface area contributed by atoms with E-state index in [1.165, 1.54) is 17.6 Å². The molecular formula is C11H11BrFN3S. The van der Waals surface area contributed by atoms with E-state index >= 15 is 0 Å². The van der Waals surface area contributed by atoms with Gasteiger partial charge in [0.05, 0.1) is 16.6 Å². The fourth-order valence-corrected chi connectivity index (χ4v) is 2.73. The van der Waals surface area contributed by atoms with Crippen LogP contribution in [-0.4, -0.2) is 9.59 Å². The molecule has 0 aliphatic rings. The summed E-state index contributed by atoms with van der Waals surface area (Å²) in [5.74, 6) is -0.309. The van der Waals surface area contributed by atoms with Gasteiger partial charge in [0.15, 0.2) is 0 Å². The van der Waals surface area contributed by atoms with Gasteiger partial charge in [-0.3, -0.25) is 0 Å². The molecule has 0 aliphatic carbocycles. The lowest BCUT2D eigenvalue weighted by Crippen LogP contribution is -2.14. The van der Waals surface area contributed by atoms with Crippen molar-refractivity contribution in [3.8, 4) is 0 Å². The van der Waals surface area contributed by atoms with Crippen LogP contribution in [0.25, 0.3) is 0 Å². The van der Waals surface area contributed by atoms with Crippen molar-refractivity contribution in [1.29, 1.82) is 0 Å². The highest BCUT2D eigenvalue weighted by Crippen LogP contribution is 2.28. The molecule has 90 valence electrons. The van der Waals surface area contributed by atoms with Crippen molar-refractivity contribution < 1.29 is 4.39 Å². The average molecular weight is 316 g/mol. The lowest BCUT2D eigenvalue weighted by atomic mass is 10.0. The van der Waals surface area contributed by atoms with Crippen LogP contribution in [0.5, 0.6) is 0 Å². The summed E-state index contributed by atoms with van der Waals surface area (Å²) >= 11 is 4.54. The Bertz CT molecular complexity index is 529. The molecule has 0 amide bonds. The number of halogens is 2. The molecule has 1 aromatic heterocycles. The summed E-state index contributed by atoms with van der Waals surface area (Å²) in [5, 5.41) is 3.99. The van der Waals surface area contributed by atoms with E-state index in [9.17, 15) is 4.39 Å². The summed E-state index contributed by atoms with van der Waals surface area (Å²) in [6, 6.07) is 4.23. The molecule has 0 aliphatic heterocycles. The maximum Gasteiger partial charge on any atom is 0.128 e. The quantitative estimate of drug-likeness (QED) is 0.947. The van der Waals surface area contributed by atoms with E-state index in [2.05, 4.69) is 25.5 Å². The van der Waals surface area contributed by atoms with Crippen molar-refractivity contribution in [2.75, 3.05) is 0 Å². The van der Waals surface area contributed by atoms with Gasteiger partial charge in [-0.15, -0.1) is 5.10 Å². The van der Waals surface area contributed by atoms with Gasteiger partial charge in [0, 0.05) is 10.0 Å². The van der Waals surface area contributed by atoms with Gasteiger partial charge in [-0.1, -0.05) is 27.3 Å². The minimum absolute atomic E-state index is 0.309. The summed E-state index contributed by atoms with van der Waals surface area (Å²) in [5.41, 5.74) is 7.37. The molecular weight excluding hydrogens is 305 g/mol. The van der Waals surface area contributed by atoms with Crippen LogP contribution in [0.2, 0.25) is 0 Å². The Balaban J connectivity index is 2.43. The number of aryl methyl sites for hydroxylation is 1. The number of hydrogen-bond acceptors (Lipinski definition) is 4. The van der Waals surface area contributed by atoms with Gasteiger partial charge in [0.1, 0.15) is 5.82 Å². The van der Waals surface area contributed by atoms with E-state index in [4.69, 9.17) is 5.73 Å². The Kier molecular flexibility index (Phi) is 3.86. The minimum atomic E-state index is -0.512. The predicted molar refractivity (Wildman–Crippen MR) is 69.4 cm³/mol. The zero-order valence-corrected chi connectivity index (χ0v) is 11.6. The molecule has 0 fully saturated rings. The number of nitrogens with two attached hydrogens (primary N) is 1. The second-order valence-electron chi connectivity index (χ2n) is 3.58. The van der Waals surface area contributed by atoms with Crippen LogP contribution in [0.15, 0.2) is 22.7 Å². The fourth-order valence-electron chi connectivity index (χ4n) is 1.59. The van der Waals surface area contributed by atoms with Crippen molar-refractivity contribution in [2.45, 2.75) is 19.4 Å². The lowest BCUT2D eigenvalue weighted by Gasteiger charge is -2.12. The van der Waals surface area contributed by atoms with Crippen LogP contribution in [-0.2, 0) is 6.42 Å². The molecule has 0 saturated carbocycles. The number of aromatic nitrogens is 2. The molecule has 0 radical (unpaired) electrons. The van der Waals surface area contributed by atoms with Crippen molar-refractivity contribution >= 4 is 27.5 Å². The zero-order valence-electron chi connectivity index (χ0n) is 9.15. The molecule has 1 heterocycles. The topological polar surface area (TPSA) is 51.8 Å². The zero-order chi connectivity index (χ0) is 12.4. The van der Waals surface area contributed by atoms with E-state index in [-0.39, 0.29) is 5.82 Å². The number of benzene rings is 1. The third-order valence-electron chi connectivity index (χ3n) is 2.50. The Labute approximate surface area is 111 Å². The molecule has 2 rings (SSSR count). The van der Waals surface area contributed by atoms with Crippen molar-refractivity contribution in [3.05, 3.63) is 44.6 Å². The molecule has 0 bridgehead atoms. The molecule has 1 atom stereocenters. The van der Waals surface area contributed by atoms with E-state index in [1.54, 1.807) is 12.1 Å². The first-order valence-corrected chi connectivity index (χ1v) is 6.71. The van der Waals surface area contributed by atoms with Crippen molar-refractivity contribution in [3.63, 3.8) is 0 Å². The normalized spacial score (nSPS) is 12.7. The van der Waals surface area contributed by atoms with Crippen LogP contribution in [0.1, 0.15) is 29.1 Å². The maximum atomic E-state index is 13.7. The lowest BCUT2D eigenvalue weighted by molar-refractivity contribution is 0.599. The van der Waals surface area contributed by atoms with E-state index in [0.717, 1.165) is 21.5 Å². The largest absolute Gasteiger partial charge is 0.319 e. The van der Waals surface area contributed by atoms with Gasteiger partial charge in [0.25, 0.3) is 0 Å². The summed E-state index contributed by atoms with van der Waals surface area (Å²) in [6.45, 7) is 1.98. The summed E-state index contributed by atoms with van der Waals surface area (Å²) in [6.07, 6.45) is 0.745. The molecule has 2 aromatic rings. The van der Waals surface area contributed by atoms with E-state index in [0.29, 0.717) is 5.56 Å². The van der Waals surface area contributed by atoms with Crippen LogP contribution in [0.4, 0.5) is 4.39 Å². The van der Waals surface area contributed by atoms with Crippen LogP contribution < -0.4 is 5.73 Å². The first-order chi connectivity index (χ1) is 8.13. The summed E-state index contributed by atoms with van der Waals surface area (Å²) in [4.78, 5) is 0.824. The number of rotatable bonds is 3. The third kappa shape index (κ3) is 2.53. The predicted octanol–water partition coefficient (Wildman–Crippen LogP) is 3.05. The van der Waals surface area contributed by atoms with Crippen LogP contribution in [0.3, 0.4) is 0 Å². The smallest absolute Gasteiger partial charge is 0.128 e. The molecule has 1 unspecified atom stereocenters. The van der Waals surface area contributed by atoms with Gasteiger partial charge in [-0.05, 0) is 36.2 Å². The number of nitrogens with zero attached hydrogens (tertiary/aromatic N) is 2. The highest BCUT2D eigenvalue weighted by atomic mass is 79.9. The first-order valence-electron chi connectivity index (χ1n) is 5.15. The molecule has 2 N–H and O–H groups in total. The second-order valence-corrected chi connectivity index (χ2v) is 5.28. The Morgan fingerprint density at radius 3 is 3.00 bits per heavy atom. The van der Waals surface area contributed by atoms with Gasteiger partial charge >= 0.3 is 0 Å². The second kappa shape index (κ2) is 5.20. The van der Waals surface area contributed by atoms with E-state index in [1.807, 2.05) is 6.92 Å². The van der Waals surface area contributed by atoms with Crippen molar-refractivity contribution in [2.24, 2.45) is 5.73 Å². The standard InChI is InChI=1S/C11H11BrFN3S/c1-2-9-11(17-16-15-9)10(14)7-5-6(12)3-4-8(7)13/h3-5,10H,2,14H2,1H3. The third-order valence-corrected chi connectivity index (χ3v) is 3.84. The Morgan fingerprint density at radius 1 is 1.53 bits per heavy atom. The van der Waals surface area contributed by atoms with Crippen LogP contribution in [0, 0.1) is 5.82 Å². The Morgan fingerprint density at radius 2 is 2.29 bits per heavy atom. The molecule has 1 aromatic carbocycles. The van der Waals surface area contributed by atoms with E-state index < -0.39 is 6.04 Å². The SMILES string of the molecule is CCc1nnsc1C(N)c1cc(Br)ccc1F. The van der Waals surface area contributed by atoms with Crippen LogP contribution >= 0.6 is 27.5 Å². The highest BCUT2D eigenvalue weighted by molar-refractivity contribution is 9.10. The van der Waals surface area contributed by atoms with Crippen molar-refractivity contribution in [1.82, 2.24) is 9.59 Å². The van der Waals surface area contributed by atoms with Gasteiger partial charge in [0.2, 0.25) is 0 Å². The minimum Gasteiger partial charge on any atom is -0.319 e. The van der Waals surface area contributed by atoms with Gasteiger partial charge in [-0.2, -0.15) is 0 Å². The fraction of sp³-hybridized carbons (Fsp3) is 0.273. The number of hydrogen-bond donors (Lipinski definition) is 1. The molecule has 17 heavy (non-hydrogen) atoms. The molecule has 0 spiro atoms. The monoisotopic (exact) mass is 315 g/mol. The molecule has 6 heteroatoms. The summed E-state index contributed by atoms with van der Waals surface area (Å²) < 4.78 is 18.4. The van der Waals surface area contributed by atoms with Gasteiger partial charge in [-0.25, -0.2) is 4.39 Å².